The van der Waals surface area contributed by atoms with E-state index in [1.807, 2.05) is 0 Å². The van der Waals surface area contributed by atoms with Crippen LogP contribution in [0.1, 0.15) is 19.3 Å². The van der Waals surface area contributed by atoms with Crippen molar-refractivity contribution in [2.45, 2.75) is 24.9 Å². The summed E-state index contributed by atoms with van der Waals surface area (Å²) in [5.74, 6) is -0.0382. The molecule has 0 spiro atoms. The van der Waals surface area contributed by atoms with E-state index in [1.54, 1.807) is 0 Å². The lowest BCUT2D eigenvalue weighted by atomic mass is 9.92. The van der Waals surface area contributed by atoms with Crippen molar-refractivity contribution >= 4 is 9.84 Å². The number of sulfone groups is 1. The molecule has 0 aliphatic carbocycles. The van der Waals surface area contributed by atoms with Crippen LogP contribution in [-0.4, -0.2) is 39.2 Å². The van der Waals surface area contributed by atoms with E-state index < -0.39 is 15.5 Å². The van der Waals surface area contributed by atoms with Gasteiger partial charge in [0.15, 0.2) is 0 Å². The van der Waals surface area contributed by atoms with Crippen molar-refractivity contribution in [1.82, 2.24) is 5.32 Å². The van der Waals surface area contributed by atoms with Crippen LogP contribution in [0.15, 0.2) is 0 Å². The van der Waals surface area contributed by atoms with Gasteiger partial charge in [-0.2, -0.15) is 0 Å². The van der Waals surface area contributed by atoms with Gasteiger partial charge in [0.1, 0.15) is 15.5 Å². The first-order valence-corrected chi connectivity index (χ1v) is 6.55. The Kier molecular flexibility index (Phi) is 3.29. The lowest BCUT2D eigenvalue weighted by Crippen LogP contribution is -2.39. The molecule has 1 aliphatic heterocycles. The van der Waals surface area contributed by atoms with Gasteiger partial charge < -0.3 is 5.32 Å². The fourth-order valence-electron chi connectivity index (χ4n) is 1.49. The maximum Gasteiger partial charge on any atom is 0.147 e. The van der Waals surface area contributed by atoms with Crippen molar-refractivity contribution in [3.63, 3.8) is 0 Å². The van der Waals surface area contributed by atoms with Crippen molar-refractivity contribution in [1.29, 1.82) is 0 Å². The fourth-order valence-corrected chi connectivity index (χ4v) is 2.23. The highest BCUT2D eigenvalue weighted by Crippen LogP contribution is 2.27. The highest BCUT2D eigenvalue weighted by molar-refractivity contribution is 7.90. The summed E-state index contributed by atoms with van der Waals surface area (Å²) < 4.78 is 35.5. The van der Waals surface area contributed by atoms with Crippen molar-refractivity contribution in [2.24, 2.45) is 0 Å². The average molecular weight is 209 g/mol. The molecule has 3 nitrogen and oxygen atoms in total. The molecule has 0 atom stereocenters. The van der Waals surface area contributed by atoms with Crippen LogP contribution in [0.25, 0.3) is 0 Å². The highest BCUT2D eigenvalue weighted by atomic mass is 32.2. The highest BCUT2D eigenvalue weighted by Gasteiger charge is 2.32. The second-order valence-electron chi connectivity index (χ2n) is 3.78. The summed E-state index contributed by atoms with van der Waals surface area (Å²) in [6, 6.07) is 0. The number of piperidine rings is 1. The molecule has 0 amide bonds. The molecule has 78 valence electrons. The molecule has 1 saturated heterocycles. The molecule has 0 radical (unpaired) electrons. The van der Waals surface area contributed by atoms with Gasteiger partial charge in [-0.3, -0.25) is 0 Å². The smallest absolute Gasteiger partial charge is 0.147 e. The van der Waals surface area contributed by atoms with E-state index in [4.69, 9.17) is 0 Å². The van der Waals surface area contributed by atoms with Crippen LogP contribution >= 0.6 is 0 Å². The lowest BCUT2D eigenvalue weighted by molar-refractivity contribution is 0.112. The third kappa shape index (κ3) is 4.04. The summed E-state index contributed by atoms with van der Waals surface area (Å²) >= 11 is 0. The summed E-state index contributed by atoms with van der Waals surface area (Å²) in [4.78, 5) is 0. The van der Waals surface area contributed by atoms with Crippen LogP contribution < -0.4 is 5.32 Å². The zero-order valence-corrected chi connectivity index (χ0v) is 8.66. The molecule has 0 saturated carbocycles. The third-order valence-corrected chi connectivity index (χ3v) is 3.37. The molecule has 0 aromatic carbocycles. The Morgan fingerprint density at radius 3 is 2.38 bits per heavy atom. The Morgan fingerprint density at radius 2 is 1.92 bits per heavy atom. The van der Waals surface area contributed by atoms with Gasteiger partial charge in [0, 0.05) is 6.26 Å². The van der Waals surface area contributed by atoms with Crippen LogP contribution in [0.2, 0.25) is 0 Å². The number of alkyl halides is 1. The largest absolute Gasteiger partial charge is 0.316 e. The van der Waals surface area contributed by atoms with Crippen molar-refractivity contribution in [3.05, 3.63) is 0 Å². The first-order chi connectivity index (χ1) is 5.91. The minimum Gasteiger partial charge on any atom is -0.316 e. The van der Waals surface area contributed by atoms with E-state index in [0.29, 0.717) is 25.9 Å². The van der Waals surface area contributed by atoms with Gasteiger partial charge in [0.05, 0.1) is 5.75 Å². The van der Waals surface area contributed by atoms with Crippen LogP contribution in [0.4, 0.5) is 4.39 Å². The van der Waals surface area contributed by atoms with Crippen LogP contribution in [0.3, 0.4) is 0 Å². The van der Waals surface area contributed by atoms with Gasteiger partial charge >= 0.3 is 0 Å². The number of rotatable bonds is 3. The van der Waals surface area contributed by atoms with E-state index in [9.17, 15) is 12.8 Å². The molecule has 5 heteroatoms. The fraction of sp³-hybridized carbons (Fsp3) is 1.00. The number of halogens is 1. The molecule has 0 aromatic rings. The summed E-state index contributed by atoms with van der Waals surface area (Å²) in [7, 11) is -3.02. The molecule has 1 heterocycles. The number of hydrogen-bond acceptors (Lipinski definition) is 3. The normalized spacial score (nSPS) is 22.9. The van der Waals surface area contributed by atoms with Crippen molar-refractivity contribution in [2.75, 3.05) is 25.1 Å². The van der Waals surface area contributed by atoms with Gasteiger partial charge in [0.25, 0.3) is 0 Å². The Hall–Kier alpha value is -0.160. The lowest BCUT2D eigenvalue weighted by Gasteiger charge is -2.29. The summed E-state index contributed by atoms with van der Waals surface area (Å²) in [6.07, 6.45) is 2.16. The second-order valence-corrected chi connectivity index (χ2v) is 6.04. The molecule has 0 unspecified atom stereocenters. The average Bonchev–Trinajstić information content (AvgIpc) is 2.02. The molecular formula is C8H16FNO2S. The molecule has 1 aliphatic rings. The van der Waals surface area contributed by atoms with Gasteiger partial charge in [0.2, 0.25) is 0 Å². The van der Waals surface area contributed by atoms with Crippen LogP contribution in [0, 0.1) is 0 Å². The van der Waals surface area contributed by atoms with Gasteiger partial charge in [-0.15, -0.1) is 0 Å². The Morgan fingerprint density at radius 1 is 1.38 bits per heavy atom. The van der Waals surface area contributed by atoms with Crippen molar-refractivity contribution in [3.8, 4) is 0 Å². The first-order valence-electron chi connectivity index (χ1n) is 4.49. The molecule has 0 aromatic heterocycles. The predicted octanol–water partition coefficient (Wildman–Crippen LogP) is 0.513. The Bertz CT molecular complexity index is 257. The summed E-state index contributed by atoms with van der Waals surface area (Å²) in [5.41, 5.74) is -1.26. The molecule has 1 fully saturated rings. The van der Waals surface area contributed by atoms with Gasteiger partial charge in [-0.25, -0.2) is 12.8 Å². The number of nitrogens with one attached hydrogen (secondary N) is 1. The minimum atomic E-state index is -3.02. The van der Waals surface area contributed by atoms with E-state index in [2.05, 4.69) is 5.32 Å². The maximum atomic E-state index is 13.8. The molecule has 13 heavy (non-hydrogen) atoms. The Balaban J connectivity index is 2.42. The van der Waals surface area contributed by atoms with Crippen molar-refractivity contribution < 1.29 is 12.8 Å². The first kappa shape index (κ1) is 10.9. The van der Waals surface area contributed by atoms with E-state index >= 15 is 0 Å². The number of hydrogen-bond donors (Lipinski definition) is 1. The molecule has 0 bridgehead atoms. The summed E-state index contributed by atoms with van der Waals surface area (Å²) in [6.45, 7) is 1.31. The second kappa shape index (κ2) is 3.92. The maximum absolute atomic E-state index is 13.8. The molecule has 1 N–H and O–H groups in total. The quantitative estimate of drug-likeness (QED) is 0.737. The zero-order chi connectivity index (χ0) is 9.95. The zero-order valence-electron chi connectivity index (χ0n) is 7.85. The van der Waals surface area contributed by atoms with Gasteiger partial charge in [-0.1, -0.05) is 0 Å². The Labute approximate surface area is 78.6 Å². The van der Waals surface area contributed by atoms with E-state index in [0.717, 1.165) is 6.26 Å². The van der Waals surface area contributed by atoms with Gasteiger partial charge in [-0.05, 0) is 32.4 Å². The monoisotopic (exact) mass is 209 g/mol. The third-order valence-electron chi connectivity index (χ3n) is 2.42. The standard InChI is InChI=1S/C8H16FNO2S/c1-13(11,12)7-4-8(9)2-5-10-6-3-8/h10H,2-7H2,1H3. The predicted molar refractivity (Wildman–Crippen MR) is 50.3 cm³/mol. The van der Waals surface area contributed by atoms with Crippen LogP contribution in [-0.2, 0) is 9.84 Å². The summed E-state index contributed by atoms with van der Waals surface area (Å²) in [5, 5.41) is 3.05. The van der Waals surface area contributed by atoms with E-state index in [1.165, 1.54) is 0 Å². The topological polar surface area (TPSA) is 46.2 Å². The molecular weight excluding hydrogens is 193 g/mol. The molecule has 1 rings (SSSR count). The van der Waals surface area contributed by atoms with Crippen LogP contribution in [0.5, 0.6) is 0 Å². The van der Waals surface area contributed by atoms with E-state index in [-0.39, 0.29) is 12.2 Å². The SMILES string of the molecule is CS(=O)(=O)CCC1(F)CCNCC1. The minimum absolute atomic E-state index is 0.0382.